The van der Waals surface area contributed by atoms with Gasteiger partial charge in [-0.15, -0.1) is 11.3 Å². The van der Waals surface area contributed by atoms with E-state index in [0.717, 1.165) is 38.8 Å². The Morgan fingerprint density at radius 3 is 2.88 bits per heavy atom. The molecule has 0 amide bonds. The number of Topliss-reactive ketones (excluding diaryl/α,β-unsaturated/α-hetero) is 1. The third kappa shape index (κ3) is 2.93. The lowest BCUT2D eigenvalue weighted by Crippen LogP contribution is -2.38. The van der Waals surface area contributed by atoms with Gasteiger partial charge in [-0.2, -0.15) is 0 Å². The molecule has 4 rings (SSSR count). The Kier molecular flexibility index (Phi) is 4.27. The van der Waals surface area contributed by atoms with Crippen LogP contribution in [0.4, 0.5) is 4.39 Å². The Balaban J connectivity index is 1.67. The molecule has 1 aromatic heterocycles. The van der Waals surface area contributed by atoms with Crippen LogP contribution >= 0.6 is 11.3 Å². The Labute approximate surface area is 146 Å². The molecule has 2 heterocycles. The van der Waals surface area contributed by atoms with Crippen LogP contribution in [0.3, 0.4) is 0 Å². The van der Waals surface area contributed by atoms with Gasteiger partial charge in [0.1, 0.15) is 5.82 Å². The van der Waals surface area contributed by atoms with Crippen LogP contribution in [0.2, 0.25) is 0 Å². The van der Waals surface area contributed by atoms with E-state index in [4.69, 9.17) is 0 Å². The summed E-state index contributed by atoms with van der Waals surface area (Å²) in [6, 6.07) is 8.61. The molecule has 1 aliphatic heterocycles. The Bertz CT molecular complexity index is 765. The van der Waals surface area contributed by atoms with Gasteiger partial charge in [0.25, 0.3) is 0 Å². The molecule has 1 unspecified atom stereocenters. The van der Waals surface area contributed by atoms with Crippen molar-refractivity contribution in [2.45, 2.75) is 45.2 Å². The molecular weight excluding hydrogens is 321 g/mol. The Morgan fingerprint density at radius 2 is 2.17 bits per heavy atom. The third-order valence-electron chi connectivity index (χ3n) is 5.11. The molecule has 126 valence electrons. The number of aryl methyl sites for hydroxylation is 1. The minimum atomic E-state index is -0.433. The van der Waals surface area contributed by atoms with E-state index in [-0.39, 0.29) is 17.5 Å². The molecule has 0 spiro atoms. The first kappa shape index (κ1) is 16.0. The van der Waals surface area contributed by atoms with Crippen LogP contribution in [0.15, 0.2) is 30.3 Å². The van der Waals surface area contributed by atoms with Gasteiger partial charge in [-0.25, -0.2) is 4.39 Å². The number of benzene rings is 1. The molecule has 1 atom stereocenters. The molecule has 2 nitrogen and oxygen atoms in total. The number of carbonyl (C=O) groups excluding carboxylic acids is 1. The second-order valence-corrected chi connectivity index (χ2v) is 8.06. The van der Waals surface area contributed by atoms with Crippen molar-refractivity contribution in [2.75, 3.05) is 6.54 Å². The fourth-order valence-corrected chi connectivity index (χ4v) is 4.74. The molecular formula is C20H22FNOS. The molecule has 24 heavy (non-hydrogen) atoms. The number of halogens is 1. The number of hydrogen-bond acceptors (Lipinski definition) is 3. The third-order valence-corrected chi connectivity index (χ3v) is 6.49. The average Bonchev–Trinajstić information content (AvgIpc) is 3.36. The van der Waals surface area contributed by atoms with Gasteiger partial charge >= 0.3 is 0 Å². The molecule has 1 aromatic carbocycles. The summed E-state index contributed by atoms with van der Waals surface area (Å²) < 4.78 is 14.4. The zero-order chi connectivity index (χ0) is 16.7. The molecule has 1 aliphatic carbocycles. The molecule has 4 heteroatoms. The van der Waals surface area contributed by atoms with E-state index in [1.165, 1.54) is 21.4 Å². The van der Waals surface area contributed by atoms with Crippen LogP contribution in [0.25, 0.3) is 0 Å². The SMILES string of the molecule is CCc1cc2c(s1)CCN(C(C(=O)C1CC1)c1ccccc1F)C2. The van der Waals surface area contributed by atoms with Gasteiger partial charge in [0, 0.05) is 34.3 Å². The monoisotopic (exact) mass is 343 g/mol. The smallest absolute Gasteiger partial charge is 0.157 e. The standard InChI is InChI=1S/C20H22FNOS/c1-2-15-11-14-12-22(10-9-18(14)24-15)19(20(23)13-7-8-13)16-5-3-4-6-17(16)21/h3-6,11,13,19H,2,7-10,12H2,1H3. The van der Waals surface area contributed by atoms with Crippen LogP contribution in [-0.4, -0.2) is 17.2 Å². The van der Waals surface area contributed by atoms with Gasteiger partial charge in [-0.3, -0.25) is 9.69 Å². The maximum absolute atomic E-state index is 14.4. The highest BCUT2D eigenvalue weighted by molar-refractivity contribution is 7.12. The van der Waals surface area contributed by atoms with Crippen molar-refractivity contribution in [3.8, 4) is 0 Å². The summed E-state index contributed by atoms with van der Waals surface area (Å²) >= 11 is 1.89. The topological polar surface area (TPSA) is 20.3 Å². The highest BCUT2D eigenvalue weighted by atomic mass is 32.1. The number of ketones is 1. The summed E-state index contributed by atoms with van der Waals surface area (Å²) in [5.41, 5.74) is 1.87. The van der Waals surface area contributed by atoms with E-state index < -0.39 is 6.04 Å². The first-order valence-electron chi connectivity index (χ1n) is 8.80. The number of rotatable bonds is 5. The summed E-state index contributed by atoms with van der Waals surface area (Å²) in [6.45, 7) is 3.76. The van der Waals surface area contributed by atoms with E-state index in [1.807, 2.05) is 17.4 Å². The highest BCUT2D eigenvalue weighted by Crippen LogP contribution is 2.40. The number of thiophene rings is 1. The van der Waals surface area contributed by atoms with E-state index in [9.17, 15) is 9.18 Å². The lowest BCUT2D eigenvalue weighted by Gasteiger charge is -2.34. The molecule has 0 N–H and O–H groups in total. The van der Waals surface area contributed by atoms with Gasteiger partial charge < -0.3 is 0 Å². The maximum Gasteiger partial charge on any atom is 0.157 e. The van der Waals surface area contributed by atoms with E-state index in [2.05, 4.69) is 17.9 Å². The van der Waals surface area contributed by atoms with Gasteiger partial charge in [0.2, 0.25) is 0 Å². The normalized spacial score (nSPS) is 19.1. The van der Waals surface area contributed by atoms with Gasteiger partial charge in [-0.1, -0.05) is 25.1 Å². The van der Waals surface area contributed by atoms with Gasteiger partial charge in [-0.05, 0) is 43.4 Å². The Hall–Kier alpha value is -1.52. The van der Waals surface area contributed by atoms with Crippen LogP contribution in [-0.2, 0) is 24.2 Å². The fraction of sp³-hybridized carbons (Fsp3) is 0.450. The molecule has 1 fully saturated rings. The lowest BCUT2D eigenvalue weighted by molar-refractivity contribution is -0.126. The van der Waals surface area contributed by atoms with Crippen molar-refractivity contribution < 1.29 is 9.18 Å². The van der Waals surface area contributed by atoms with Crippen LogP contribution < -0.4 is 0 Å². The molecule has 0 bridgehead atoms. The van der Waals surface area contributed by atoms with E-state index in [0.29, 0.717) is 5.56 Å². The van der Waals surface area contributed by atoms with Gasteiger partial charge in [0.05, 0.1) is 6.04 Å². The molecule has 2 aliphatic rings. The molecule has 2 aromatic rings. The predicted octanol–water partition coefficient (Wildman–Crippen LogP) is 4.53. The quantitative estimate of drug-likeness (QED) is 0.795. The maximum atomic E-state index is 14.4. The van der Waals surface area contributed by atoms with Crippen LogP contribution in [0.5, 0.6) is 0 Å². The molecule has 0 saturated heterocycles. The fourth-order valence-electron chi connectivity index (χ4n) is 3.63. The minimum Gasteiger partial charge on any atom is -0.297 e. The highest BCUT2D eigenvalue weighted by Gasteiger charge is 2.40. The van der Waals surface area contributed by atoms with Crippen LogP contribution in [0.1, 0.15) is 46.7 Å². The van der Waals surface area contributed by atoms with E-state index >= 15 is 0 Å². The molecule has 0 radical (unpaired) electrons. The summed E-state index contributed by atoms with van der Waals surface area (Å²) in [5, 5.41) is 0. The van der Waals surface area contributed by atoms with Crippen molar-refractivity contribution in [3.63, 3.8) is 0 Å². The average molecular weight is 343 g/mol. The summed E-state index contributed by atoms with van der Waals surface area (Å²) in [5.74, 6) is 0.0704. The second-order valence-electron chi connectivity index (χ2n) is 6.84. The Morgan fingerprint density at radius 1 is 1.38 bits per heavy atom. The number of hydrogen-bond donors (Lipinski definition) is 0. The van der Waals surface area contributed by atoms with Crippen molar-refractivity contribution in [3.05, 3.63) is 57.0 Å². The second kappa shape index (κ2) is 6.41. The minimum absolute atomic E-state index is 0.129. The first-order valence-corrected chi connectivity index (χ1v) is 9.61. The number of fused-ring (bicyclic) bond motifs is 1. The van der Waals surface area contributed by atoms with Gasteiger partial charge in [0.15, 0.2) is 5.78 Å². The number of carbonyl (C=O) groups is 1. The van der Waals surface area contributed by atoms with Crippen molar-refractivity contribution in [1.82, 2.24) is 4.90 Å². The zero-order valence-corrected chi connectivity index (χ0v) is 14.7. The summed E-state index contributed by atoms with van der Waals surface area (Å²) in [4.78, 5) is 18.0. The van der Waals surface area contributed by atoms with Crippen molar-refractivity contribution >= 4 is 17.1 Å². The summed E-state index contributed by atoms with van der Waals surface area (Å²) in [6.07, 6.45) is 3.93. The largest absolute Gasteiger partial charge is 0.297 e. The van der Waals surface area contributed by atoms with Crippen molar-refractivity contribution in [1.29, 1.82) is 0 Å². The predicted molar refractivity (Wildman–Crippen MR) is 94.7 cm³/mol. The summed E-state index contributed by atoms with van der Waals surface area (Å²) in [7, 11) is 0. The first-order chi connectivity index (χ1) is 11.7. The molecule has 1 saturated carbocycles. The van der Waals surface area contributed by atoms with Crippen molar-refractivity contribution in [2.24, 2.45) is 5.92 Å². The van der Waals surface area contributed by atoms with Crippen LogP contribution in [0, 0.1) is 11.7 Å². The zero-order valence-electron chi connectivity index (χ0n) is 13.9. The van der Waals surface area contributed by atoms with E-state index in [1.54, 1.807) is 12.1 Å². The number of nitrogens with zero attached hydrogens (tertiary/aromatic N) is 1. The lowest BCUT2D eigenvalue weighted by atomic mass is 9.95.